The van der Waals surface area contributed by atoms with Gasteiger partial charge in [-0.2, -0.15) is 18.3 Å². The largest absolute Gasteiger partial charge is 0.417 e. The van der Waals surface area contributed by atoms with Gasteiger partial charge in [0.15, 0.2) is 0 Å². The van der Waals surface area contributed by atoms with Crippen LogP contribution < -0.4 is 11.3 Å². The minimum absolute atomic E-state index is 0.0872. The molecule has 0 saturated carbocycles. The lowest BCUT2D eigenvalue weighted by molar-refractivity contribution is -0.138. The van der Waals surface area contributed by atoms with Gasteiger partial charge in [0.05, 0.1) is 24.0 Å². The zero-order chi connectivity index (χ0) is 14.0. The summed E-state index contributed by atoms with van der Waals surface area (Å²) < 4.78 is 40.0. The van der Waals surface area contributed by atoms with E-state index in [0.717, 1.165) is 22.9 Å². The zero-order valence-corrected chi connectivity index (χ0v) is 9.76. The lowest BCUT2D eigenvalue weighted by Gasteiger charge is -2.10. The van der Waals surface area contributed by atoms with Crippen LogP contribution in [0.4, 0.5) is 18.9 Å². The smallest absolute Gasteiger partial charge is 0.396 e. The number of alkyl halides is 3. The summed E-state index contributed by atoms with van der Waals surface area (Å²) in [5.74, 6) is 0. The molecule has 0 bridgehead atoms. The predicted octanol–water partition coefficient (Wildman–Crippen LogP) is 1.35. The Bertz CT molecular complexity index is 629. The summed E-state index contributed by atoms with van der Waals surface area (Å²) in [7, 11) is 0. The van der Waals surface area contributed by atoms with E-state index in [0.29, 0.717) is 5.69 Å². The van der Waals surface area contributed by atoms with E-state index in [1.54, 1.807) is 6.20 Å². The van der Waals surface area contributed by atoms with Crippen molar-refractivity contribution in [2.75, 3.05) is 5.73 Å². The summed E-state index contributed by atoms with van der Waals surface area (Å²) in [6.07, 6.45) is -0.700. The Hall–Kier alpha value is -2.25. The molecule has 19 heavy (non-hydrogen) atoms. The van der Waals surface area contributed by atoms with Crippen LogP contribution in [0.1, 0.15) is 5.56 Å². The third kappa shape index (κ3) is 3.15. The standard InChI is InChI=1S/C11H11F3N4O/c12-11(13,14)8-1-2-10(19)17(6-8)3-4-18-7-9(15)5-16-18/h1-2,5-7H,3-4,15H2. The Morgan fingerprint density at radius 3 is 2.53 bits per heavy atom. The van der Waals surface area contributed by atoms with Gasteiger partial charge >= 0.3 is 6.18 Å². The highest BCUT2D eigenvalue weighted by atomic mass is 19.4. The van der Waals surface area contributed by atoms with E-state index in [2.05, 4.69) is 5.10 Å². The van der Waals surface area contributed by atoms with E-state index in [1.807, 2.05) is 0 Å². The highest BCUT2D eigenvalue weighted by Crippen LogP contribution is 2.27. The molecular weight excluding hydrogens is 261 g/mol. The fourth-order valence-corrected chi connectivity index (χ4v) is 1.59. The van der Waals surface area contributed by atoms with Gasteiger partial charge in [0.2, 0.25) is 0 Å². The molecule has 2 rings (SSSR count). The monoisotopic (exact) mass is 272 g/mol. The molecule has 0 aliphatic heterocycles. The van der Waals surface area contributed by atoms with Crippen molar-refractivity contribution in [3.63, 3.8) is 0 Å². The van der Waals surface area contributed by atoms with Crippen molar-refractivity contribution >= 4 is 5.69 Å². The fraction of sp³-hybridized carbons (Fsp3) is 0.273. The predicted molar refractivity (Wildman–Crippen MR) is 62.3 cm³/mol. The van der Waals surface area contributed by atoms with Crippen LogP contribution in [-0.2, 0) is 19.3 Å². The maximum Gasteiger partial charge on any atom is 0.417 e. The van der Waals surface area contributed by atoms with Gasteiger partial charge in [-0.25, -0.2) is 0 Å². The SMILES string of the molecule is Nc1cnn(CCn2cc(C(F)(F)F)ccc2=O)c1. The molecular formula is C11H11F3N4O. The number of aromatic nitrogens is 3. The third-order valence-corrected chi connectivity index (χ3v) is 2.53. The Morgan fingerprint density at radius 2 is 1.95 bits per heavy atom. The van der Waals surface area contributed by atoms with Gasteiger partial charge < -0.3 is 10.3 Å². The number of nitrogens with two attached hydrogens (primary N) is 1. The van der Waals surface area contributed by atoms with E-state index in [9.17, 15) is 18.0 Å². The second-order valence-corrected chi connectivity index (χ2v) is 3.98. The van der Waals surface area contributed by atoms with Gasteiger partial charge in [-0.05, 0) is 6.07 Å². The van der Waals surface area contributed by atoms with Crippen molar-refractivity contribution in [2.45, 2.75) is 19.3 Å². The van der Waals surface area contributed by atoms with Crippen molar-refractivity contribution < 1.29 is 13.2 Å². The number of nitrogens with zero attached hydrogens (tertiary/aromatic N) is 3. The second-order valence-electron chi connectivity index (χ2n) is 3.98. The highest BCUT2D eigenvalue weighted by Gasteiger charge is 2.30. The molecule has 102 valence electrons. The Morgan fingerprint density at radius 1 is 1.21 bits per heavy atom. The van der Waals surface area contributed by atoms with E-state index in [1.165, 1.54) is 10.9 Å². The first kappa shape index (κ1) is 13.2. The first-order valence-corrected chi connectivity index (χ1v) is 5.42. The molecule has 8 heteroatoms. The van der Waals surface area contributed by atoms with Crippen molar-refractivity contribution in [2.24, 2.45) is 0 Å². The van der Waals surface area contributed by atoms with Gasteiger partial charge in [0, 0.05) is 25.0 Å². The Balaban J connectivity index is 2.18. The molecule has 0 radical (unpaired) electrons. The van der Waals surface area contributed by atoms with Crippen molar-refractivity contribution in [3.8, 4) is 0 Å². The van der Waals surface area contributed by atoms with Crippen LogP contribution in [0.5, 0.6) is 0 Å². The number of hydrogen-bond donors (Lipinski definition) is 1. The molecule has 0 unspecified atom stereocenters. The average Bonchev–Trinajstić information content (AvgIpc) is 2.72. The summed E-state index contributed by atoms with van der Waals surface area (Å²) in [5.41, 5.74) is 4.57. The normalized spacial score (nSPS) is 11.7. The molecule has 2 N–H and O–H groups in total. The summed E-state index contributed by atoms with van der Waals surface area (Å²) >= 11 is 0. The van der Waals surface area contributed by atoms with Crippen LogP contribution in [-0.4, -0.2) is 14.3 Å². The number of hydrogen-bond acceptors (Lipinski definition) is 3. The van der Waals surface area contributed by atoms with E-state index >= 15 is 0 Å². The van der Waals surface area contributed by atoms with Crippen LogP contribution in [0.2, 0.25) is 0 Å². The van der Waals surface area contributed by atoms with Gasteiger partial charge in [0.25, 0.3) is 5.56 Å². The Labute approximate surface area is 106 Å². The molecule has 0 aliphatic carbocycles. The van der Waals surface area contributed by atoms with E-state index < -0.39 is 17.3 Å². The maximum absolute atomic E-state index is 12.5. The topological polar surface area (TPSA) is 65.8 Å². The molecule has 0 atom stereocenters. The minimum Gasteiger partial charge on any atom is -0.396 e. The molecule has 2 aromatic heterocycles. The van der Waals surface area contributed by atoms with Gasteiger partial charge in [-0.15, -0.1) is 0 Å². The number of nitrogen functional groups attached to an aromatic ring is 1. The highest BCUT2D eigenvalue weighted by molar-refractivity contribution is 5.30. The molecule has 0 spiro atoms. The number of anilines is 1. The van der Waals surface area contributed by atoms with Crippen LogP contribution in [0.3, 0.4) is 0 Å². The average molecular weight is 272 g/mol. The summed E-state index contributed by atoms with van der Waals surface area (Å²) in [6.45, 7) is 0.349. The lowest BCUT2D eigenvalue weighted by Crippen LogP contribution is -2.23. The first-order valence-electron chi connectivity index (χ1n) is 5.42. The van der Waals surface area contributed by atoms with Crippen LogP contribution in [0.15, 0.2) is 35.5 Å². The third-order valence-electron chi connectivity index (χ3n) is 2.53. The molecule has 0 fully saturated rings. The summed E-state index contributed by atoms with van der Waals surface area (Å²) in [4.78, 5) is 11.5. The van der Waals surface area contributed by atoms with Crippen LogP contribution >= 0.6 is 0 Å². The van der Waals surface area contributed by atoms with Gasteiger partial charge in [-0.3, -0.25) is 9.48 Å². The second kappa shape index (κ2) is 4.79. The first-order chi connectivity index (χ1) is 8.86. The van der Waals surface area contributed by atoms with Crippen molar-refractivity contribution in [1.82, 2.24) is 14.3 Å². The van der Waals surface area contributed by atoms with Crippen molar-refractivity contribution in [1.29, 1.82) is 0 Å². The lowest BCUT2D eigenvalue weighted by atomic mass is 10.3. The molecule has 5 nitrogen and oxygen atoms in total. The summed E-state index contributed by atoms with van der Waals surface area (Å²) in [5, 5.41) is 3.89. The number of rotatable bonds is 3. The number of halogens is 3. The van der Waals surface area contributed by atoms with Crippen molar-refractivity contribution in [3.05, 3.63) is 46.6 Å². The van der Waals surface area contributed by atoms with E-state index in [4.69, 9.17) is 5.73 Å². The van der Waals surface area contributed by atoms with Gasteiger partial charge in [-0.1, -0.05) is 0 Å². The molecule has 0 aliphatic rings. The minimum atomic E-state index is -4.47. The summed E-state index contributed by atoms with van der Waals surface area (Å²) in [6, 6.07) is 1.67. The Kier molecular flexibility index (Phi) is 3.32. The fourth-order valence-electron chi connectivity index (χ4n) is 1.59. The van der Waals surface area contributed by atoms with E-state index in [-0.39, 0.29) is 13.1 Å². The quantitative estimate of drug-likeness (QED) is 0.917. The molecule has 0 saturated heterocycles. The van der Waals surface area contributed by atoms with Gasteiger partial charge in [0.1, 0.15) is 0 Å². The maximum atomic E-state index is 12.5. The molecule has 0 aromatic carbocycles. The molecule has 2 aromatic rings. The van der Waals surface area contributed by atoms with Crippen LogP contribution in [0, 0.1) is 0 Å². The molecule has 2 heterocycles. The molecule has 0 amide bonds. The zero-order valence-electron chi connectivity index (χ0n) is 9.76. The number of aryl methyl sites for hydroxylation is 2. The number of pyridine rings is 1. The van der Waals surface area contributed by atoms with Crippen LogP contribution in [0.25, 0.3) is 0 Å².